The van der Waals surface area contributed by atoms with Gasteiger partial charge >= 0.3 is 21.1 Å². The predicted octanol–water partition coefficient (Wildman–Crippen LogP) is 3.68. The van der Waals surface area contributed by atoms with Crippen molar-refractivity contribution in [3.05, 3.63) is 0 Å². The molecule has 7 heteroatoms. The standard InChI is InChI=1S/2C10H20O2.C6H14N2.Pt/c2*1-4-5-6-7-8-10(2,3)9(11)12;7-5-3-1-2-4-6(5)8;/h2*4-8H2,1-3H3,(H,11,12);5-6H,1-4,7-8H2;/q;;;+2/p-2. The van der Waals surface area contributed by atoms with Crippen LogP contribution in [0.2, 0.25) is 0 Å². The first-order chi connectivity index (χ1) is 14.8. The molecule has 0 bridgehead atoms. The van der Waals surface area contributed by atoms with Crippen molar-refractivity contribution in [2.24, 2.45) is 22.3 Å². The normalized spacial score (nSPS) is 18.1. The summed E-state index contributed by atoms with van der Waals surface area (Å²) < 4.78 is 0. The average molecular weight is 652 g/mol. The molecule has 0 heterocycles. The number of rotatable bonds is 12. The molecule has 0 aliphatic heterocycles. The van der Waals surface area contributed by atoms with E-state index in [0.717, 1.165) is 51.4 Å². The number of hydrogen-bond acceptors (Lipinski definition) is 6. The minimum absolute atomic E-state index is 0. The molecule has 1 rings (SSSR count). The first kappa shape index (κ1) is 37.1. The van der Waals surface area contributed by atoms with Gasteiger partial charge in [0.1, 0.15) is 0 Å². The fourth-order valence-electron chi connectivity index (χ4n) is 3.38. The molecule has 0 aromatic carbocycles. The predicted molar refractivity (Wildman–Crippen MR) is 130 cm³/mol. The molecule has 0 aromatic heterocycles. The minimum Gasteiger partial charge on any atom is -0.550 e. The van der Waals surface area contributed by atoms with Crippen molar-refractivity contribution in [1.29, 1.82) is 0 Å². The number of aliphatic carboxylic acids is 2. The molecule has 0 saturated heterocycles. The smallest absolute Gasteiger partial charge is 0.550 e. The van der Waals surface area contributed by atoms with Crippen LogP contribution in [0.4, 0.5) is 0 Å². The summed E-state index contributed by atoms with van der Waals surface area (Å²) in [6, 6.07) is 0.562. The second kappa shape index (κ2) is 20.9. The summed E-state index contributed by atoms with van der Waals surface area (Å²) in [5, 5.41) is 21.1. The Bertz CT molecular complexity index is 455. The maximum Gasteiger partial charge on any atom is 2.00 e. The number of carbonyl (C=O) groups is 2. The Morgan fingerprint density at radius 2 is 1.00 bits per heavy atom. The molecule has 200 valence electrons. The van der Waals surface area contributed by atoms with Gasteiger partial charge < -0.3 is 31.3 Å². The fourth-order valence-corrected chi connectivity index (χ4v) is 3.38. The van der Waals surface area contributed by atoms with Gasteiger partial charge in [-0.15, -0.1) is 0 Å². The van der Waals surface area contributed by atoms with Gasteiger partial charge in [-0.3, -0.25) is 0 Å². The van der Waals surface area contributed by atoms with Gasteiger partial charge in [0.05, 0.1) is 0 Å². The number of carbonyl (C=O) groups excluding carboxylic acids is 2. The number of carboxylic acids is 2. The van der Waals surface area contributed by atoms with E-state index in [0.29, 0.717) is 0 Å². The van der Waals surface area contributed by atoms with E-state index in [1.807, 2.05) is 0 Å². The molecule has 0 radical (unpaired) electrons. The third kappa shape index (κ3) is 20.6. The Balaban J connectivity index is -0.000000410. The third-order valence-corrected chi connectivity index (χ3v) is 6.29. The van der Waals surface area contributed by atoms with Crippen molar-refractivity contribution in [2.75, 3.05) is 0 Å². The van der Waals surface area contributed by atoms with Crippen LogP contribution in [0.1, 0.15) is 131 Å². The summed E-state index contributed by atoms with van der Waals surface area (Å²) in [5.74, 6) is -1.86. The van der Waals surface area contributed by atoms with E-state index < -0.39 is 22.8 Å². The minimum atomic E-state index is -0.931. The molecular weight excluding hydrogens is 599 g/mol. The molecule has 1 aliphatic rings. The van der Waals surface area contributed by atoms with Gasteiger partial charge in [-0.1, -0.05) is 106 Å². The summed E-state index contributed by atoms with van der Waals surface area (Å²) >= 11 is 0. The molecule has 0 spiro atoms. The molecule has 4 N–H and O–H groups in total. The summed E-state index contributed by atoms with van der Waals surface area (Å²) in [4.78, 5) is 21.1. The first-order valence-electron chi connectivity index (χ1n) is 12.8. The van der Waals surface area contributed by atoms with Crippen molar-refractivity contribution in [3.8, 4) is 0 Å². The quantitative estimate of drug-likeness (QED) is 0.310. The van der Waals surface area contributed by atoms with E-state index in [1.165, 1.54) is 38.5 Å². The Labute approximate surface area is 218 Å². The van der Waals surface area contributed by atoms with E-state index in [4.69, 9.17) is 11.5 Å². The van der Waals surface area contributed by atoms with Crippen LogP contribution >= 0.6 is 0 Å². The Hall–Kier alpha value is -0.452. The molecule has 1 fully saturated rings. The van der Waals surface area contributed by atoms with Crippen LogP contribution in [0.25, 0.3) is 0 Å². The topological polar surface area (TPSA) is 132 Å². The van der Waals surface area contributed by atoms with Gasteiger partial charge in [0, 0.05) is 34.9 Å². The fraction of sp³-hybridized carbons (Fsp3) is 0.923. The molecule has 6 nitrogen and oxygen atoms in total. The van der Waals surface area contributed by atoms with Gasteiger partial charge in [-0.25, -0.2) is 0 Å². The molecule has 0 aromatic rings. The monoisotopic (exact) mass is 651 g/mol. The molecule has 0 amide bonds. The van der Waals surface area contributed by atoms with E-state index in [1.54, 1.807) is 27.7 Å². The third-order valence-electron chi connectivity index (χ3n) is 6.29. The number of nitrogens with two attached hydrogens (primary N) is 2. The van der Waals surface area contributed by atoms with E-state index in [-0.39, 0.29) is 33.1 Å². The summed E-state index contributed by atoms with van der Waals surface area (Å²) in [7, 11) is 0. The molecular formula is C26H52N2O4Pt. The second-order valence-electron chi connectivity index (χ2n) is 10.6. The zero-order valence-corrected chi connectivity index (χ0v) is 24.4. The van der Waals surface area contributed by atoms with Crippen LogP contribution in [0.5, 0.6) is 0 Å². The van der Waals surface area contributed by atoms with Gasteiger partial charge in [0.15, 0.2) is 0 Å². The van der Waals surface area contributed by atoms with Crippen LogP contribution in [-0.4, -0.2) is 24.0 Å². The van der Waals surface area contributed by atoms with Crippen molar-refractivity contribution in [1.82, 2.24) is 0 Å². The van der Waals surface area contributed by atoms with E-state index >= 15 is 0 Å². The van der Waals surface area contributed by atoms with Gasteiger partial charge in [-0.2, -0.15) is 0 Å². The van der Waals surface area contributed by atoms with Crippen molar-refractivity contribution in [2.45, 2.75) is 144 Å². The van der Waals surface area contributed by atoms with Crippen LogP contribution in [-0.2, 0) is 30.7 Å². The molecule has 1 aliphatic carbocycles. The molecule has 1 saturated carbocycles. The molecule has 2 atom stereocenters. The Morgan fingerprint density at radius 3 is 1.21 bits per heavy atom. The van der Waals surface area contributed by atoms with E-state index in [9.17, 15) is 19.8 Å². The molecule has 33 heavy (non-hydrogen) atoms. The zero-order valence-electron chi connectivity index (χ0n) is 22.2. The number of carboxylic acid groups (broad SMARTS) is 2. The van der Waals surface area contributed by atoms with Crippen LogP contribution in [0.3, 0.4) is 0 Å². The van der Waals surface area contributed by atoms with Gasteiger partial charge in [0.25, 0.3) is 0 Å². The van der Waals surface area contributed by atoms with Crippen molar-refractivity contribution >= 4 is 11.9 Å². The maximum absolute atomic E-state index is 10.6. The van der Waals surface area contributed by atoms with Crippen molar-refractivity contribution < 1.29 is 40.9 Å². The first-order valence-corrected chi connectivity index (χ1v) is 12.8. The van der Waals surface area contributed by atoms with E-state index in [2.05, 4.69) is 13.8 Å². The number of hydrogen-bond donors (Lipinski definition) is 2. The largest absolute Gasteiger partial charge is 2.00 e. The summed E-state index contributed by atoms with van der Waals surface area (Å²) in [6.45, 7) is 11.2. The van der Waals surface area contributed by atoms with Gasteiger partial charge in [-0.05, 0) is 25.7 Å². The Morgan fingerprint density at radius 1 is 0.697 bits per heavy atom. The molecule has 2 unspecified atom stereocenters. The SMILES string of the molecule is CCCCCCC(C)(C)C(=O)[O-].CCCCCCC(C)(C)C(=O)[O-].NC1CCCCC1N.[Pt+2]. The van der Waals surface area contributed by atoms with Crippen LogP contribution in [0.15, 0.2) is 0 Å². The number of unbranched alkanes of at least 4 members (excludes halogenated alkanes) is 6. The van der Waals surface area contributed by atoms with Crippen LogP contribution in [0, 0.1) is 10.8 Å². The summed E-state index contributed by atoms with van der Waals surface area (Å²) in [5.41, 5.74) is 10.0. The van der Waals surface area contributed by atoms with Gasteiger partial charge in [0.2, 0.25) is 0 Å². The zero-order chi connectivity index (χ0) is 25.2. The van der Waals surface area contributed by atoms with Crippen molar-refractivity contribution in [3.63, 3.8) is 0 Å². The average Bonchev–Trinajstić information content (AvgIpc) is 2.71. The maximum atomic E-state index is 10.6. The Kier molecular flexibility index (Phi) is 23.5. The second-order valence-corrected chi connectivity index (χ2v) is 10.6. The summed E-state index contributed by atoms with van der Waals surface area (Å²) in [6.07, 6.45) is 15.3. The van der Waals surface area contributed by atoms with Crippen LogP contribution < -0.4 is 21.7 Å².